The summed E-state index contributed by atoms with van der Waals surface area (Å²) in [6, 6.07) is -0.157. The van der Waals surface area contributed by atoms with E-state index in [0.717, 1.165) is 6.42 Å². The number of sulfonamides is 1. The summed E-state index contributed by atoms with van der Waals surface area (Å²) < 4.78 is 30.9. The topological polar surface area (TPSA) is 66.9 Å². The zero-order valence-electron chi connectivity index (χ0n) is 13.9. The lowest BCUT2D eigenvalue weighted by molar-refractivity contribution is 0.0104. The summed E-state index contributed by atoms with van der Waals surface area (Å²) in [7, 11) is -1.54. The maximum Gasteiger partial charge on any atom is 0.410 e. The first kappa shape index (κ1) is 18.2. The molecule has 1 aliphatic rings. The Morgan fingerprint density at radius 3 is 2.43 bits per heavy atom. The van der Waals surface area contributed by atoms with Crippen molar-refractivity contribution in [1.29, 1.82) is 0 Å². The fraction of sp³-hybridized carbons (Fsp3) is 0.929. The van der Waals surface area contributed by atoms with Crippen LogP contribution in [-0.4, -0.2) is 61.2 Å². The molecular formula is C14H28N2O4S. The standard InChI is InChI=1S/C14H28N2O4S/c1-7-21(18,19)16-9-8-11(2)12(10-16)15(6)13(17)20-14(3,4)5/h11-12H,7-10H2,1-6H3/t11-,12?/m1/s1. The van der Waals surface area contributed by atoms with Gasteiger partial charge in [-0.1, -0.05) is 6.92 Å². The van der Waals surface area contributed by atoms with Crippen molar-refractivity contribution in [3.05, 3.63) is 0 Å². The summed E-state index contributed by atoms with van der Waals surface area (Å²) in [5.74, 6) is 0.329. The quantitative estimate of drug-likeness (QED) is 0.797. The van der Waals surface area contributed by atoms with Gasteiger partial charge in [0.1, 0.15) is 5.60 Å². The Labute approximate surface area is 128 Å². The zero-order valence-corrected chi connectivity index (χ0v) is 14.7. The van der Waals surface area contributed by atoms with Crippen molar-refractivity contribution in [2.24, 2.45) is 5.92 Å². The van der Waals surface area contributed by atoms with Crippen LogP contribution in [-0.2, 0) is 14.8 Å². The van der Waals surface area contributed by atoms with E-state index in [-0.39, 0.29) is 17.7 Å². The van der Waals surface area contributed by atoms with Gasteiger partial charge in [-0.2, -0.15) is 4.31 Å². The number of hydrogen-bond acceptors (Lipinski definition) is 4. The second kappa shape index (κ2) is 6.52. The number of piperidine rings is 1. The fourth-order valence-corrected chi connectivity index (χ4v) is 3.56. The number of hydrogen-bond donors (Lipinski definition) is 0. The van der Waals surface area contributed by atoms with Crippen molar-refractivity contribution < 1.29 is 17.9 Å². The van der Waals surface area contributed by atoms with Crippen LogP contribution in [0.5, 0.6) is 0 Å². The highest BCUT2D eigenvalue weighted by atomic mass is 32.2. The summed E-state index contributed by atoms with van der Waals surface area (Å²) >= 11 is 0. The van der Waals surface area contributed by atoms with Gasteiger partial charge in [0.2, 0.25) is 10.0 Å². The van der Waals surface area contributed by atoms with Gasteiger partial charge >= 0.3 is 6.09 Å². The number of amides is 1. The molecule has 1 unspecified atom stereocenters. The number of carbonyl (C=O) groups excluding carboxylic acids is 1. The maximum atomic E-state index is 12.2. The van der Waals surface area contributed by atoms with Crippen molar-refractivity contribution in [2.45, 2.75) is 52.7 Å². The summed E-state index contributed by atoms with van der Waals surface area (Å²) in [5, 5.41) is 0. The molecule has 0 aromatic rings. The van der Waals surface area contributed by atoms with E-state index in [4.69, 9.17) is 4.74 Å². The molecule has 1 rings (SSSR count). The molecule has 21 heavy (non-hydrogen) atoms. The predicted molar refractivity (Wildman–Crippen MR) is 82.6 cm³/mol. The Bertz CT molecular complexity index is 470. The molecule has 7 heteroatoms. The molecule has 1 amide bonds. The molecule has 0 spiro atoms. The van der Waals surface area contributed by atoms with Gasteiger partial charge < -0.3 is 9.64 Å². The Morgan fingerprint density at radius 2 is 1.95 bits per heavy atom. The fourth-order valence-electron chi connectivity index (χ4n) is 2.43. The average molecular weight is 320 g/mol. The van der Waals surface area contributed by atoms with Crippen LogP contribution in [0.3, 0.4) is 0 Å². The molecule has 2 atom stereocenters. The Balaban J connectivity index is 2.82. The number of ether oxygens (including phenoxy) is 1. The van der Waals surface area contributed by atoms with Crippen LogP contribution in [0.15, 0.2) is 0 Å². The Kier molecular flexibility index (Phi) is 5.66. The first-order chi connectivity index (χ1) is 9.48. The average Bonchev–Trinajstić information content (AvgIpc) is 2.36. The van der Waals surface area contributed by atoms with Gasteiger partial charge in [-0.3, -0.25) is 0 Å². The summed E-state index contributed by atoms with van der Waals surface area (Å²) in [6.45, 7) is 10.00. The van der Waals surface area contributed by atoms with Crippen molar-refractivity contribution in [1.82, 2.24) is 9.21 Å². The first-order valence-corrected chi connectivity index (χ1v) is 9.02. The van der Waals surface area contributed by atoms with Crippen LogP contribution in [0.2, 0.25) is 0 Å². The minimum atomic E-state index is -3.22. The lowest BCUT2D eigenvalue weighted by Crippen LogP contribution is -2.54. The van der Waals surface area contributed by atoms with Crippen molar-refractivity contribution in [2.75, 3.05) is 25.9 Å². The molecule has 0 aromatic heterocycles. The minimum Gasteiger partial charge on any atom is -0.444 e. The molecule has 6 nitrogen and oxygen atoms in total. The largest absolute Gasteiger partial charge is 0.444 e. The van der Waals surface area contributed by atoms with Gasteiger partial charge in [0.05, 0.1) is 11.8 Å². The molecule has 0 aromatic carbocycles. The summed E-state index contributed by atoms with van der Waals surface area (Å²) in [4.78, 5) is 13.7. The number of carbonyl (C=O) groups is 1. The van der Waals surface area contributed by atoms with Crippen LogP contribution in [0.1, 0.15) is 41.0 Å². The van der Waals surface area contributed by atoms with E-state index >= 15 is 0 Å². The molecule has 0 N–H and O–H groups in total. The minimum absolute atomic E-state index is 0.0876. The monoisotopic (exact) mass is 320 g/mol. The molecule has 0 bridgehead atoms. The third-order valence-electron chi connectivity index (χ3n) is 3.82. The van der Waals surface area contributed by atoms with E-state index in [1.54, 1.807) is 14.0 Å². The maximum absolute atomic E-state index is 12.2. The number of nitrogens with zero attached hydrogens (tertiary/aromatic N) is 2. The molecule has 0 radical (unpaired) electrons. The molecule has 124 valence electrons. The number of rotatable bonds is 3. The zero-order chi connectivity index (χ0) is 16.4. The summed E-state index contributed by atoms with van der Waals surface area (Å²) in [5.41, 5.74) is -0.557. The van der Waals surface area contributed by atoms with Crippen molar-refractivity contribution in [3.63, 3.8) is 0 Å². The predicted octanol–water partition coefficient (Wildman–Crippen LogP) is 1.91. The van der Waals surface area contributed by atoms with Crippen molar-refractivity contribution in [3.8, 4) is 0 Å². The lowest BCUT2D eigenvalue weighted by atomic mass is 9.94. The second-order valence-corrected chi connectivity index (χ2v) is 8.94. The van der Waals surface area contributed by atoms with E-state index in [1.807, 2.05) is 27.7 Å². The second-order valence-electron chi connectivity index (χ2n) is 6.68. The van der Waals surface area contributed by atoms with E-state index < -0.39 is 21.7 Å². The number of likely N-dealkylation sites (N-methyl/N-ethyl adjacent to an activating group) is 1. The Morgan fingerprint density at radius 1 is 1.38 bits per heavy atom. The highest BCUT2D eigenvalue weighted by molar-refractivity contribution is 7.89. The van der Waals surface area contributed by atoms with E-state index in [2.05, 4.69) is 0 Å². The molecule has 0 saturated carbocycles. The van der Waals surface area contributed by atoms with E-state index in [0.29, 0.717) is 13.1 Å². The normalized spacial score (nSPS) is 24.7. The molecule has 1 fully saturated rings. The van der Waals surface area contributed by atoms with Gasteiger partial charge in [-0.25, -0.2) is 13.2 Å². The molecule has 1 aliphatic heterocycles. The first-order valence-electron chi connectivity index (χ1n) is 7.41. The van der Waals surface area contributed by atoms with Crippen LogP contribution in [0, 0.1) is 5.92 Å². The van der Waals surface area contributed by atoms with Gasteiger partial charge in [-0.15, -0.1) is 0 Å². The smallest absolute Gasteiger partial charge is 0.410 e. The highest BCUT2D eigenvalue weighted by Crippen LogP contribution is 2.24. The van der Waals surface area contributed by atoms with Gasteiger partial charge in [0.25, 0.3) is 0 Å². The van der Waals surface area contributed by atoms with Crippen LogP contribution < -0.4 is 0 Å². The van der Waals surface area contributed by atoms with Gasteiger partial charge in [0, 0.05) is 20.1 Å². The van der Waals surface area contributed by atoms with Crippen LogP contribution in [0.25, 0.3) is 0 Å². The van der Waals surface area contributed by atoms with Crippen LogP contribution >= 0.6 is 0 Å². The highest BCUT2D eigenvalue weighted by Gasteiger charge is 2.36. The Hall–Kier alpha value is -0.820. The molecule has 0 aliphatic carbocycles. The molecule has 1 heterocycles. The molecule has 1 saturated heterocycles. The third-order valence-corrected chi connectivity index (χ3v) is 5.67. The third kappa shape index (κ3) is 4.85. The van der Waals surface area contributed by atoms with Gasteiger partial charge in [-0.05, 0) is 40.0 Å². The van der Waals surface area contributed by atoms with E-state index in [9.17, 15) is 13.2 Å². The van der Waals surface area contributed by atoms with Crippen molar-refractivity contribution >= 4 is 16.1 Å². The lowest BCUT2D eigenvalue weighted by Gasteiger charge is -2.41. The van der Waals surface area contributed by atoms with Crippen LogP contribution in [0.4, 0.5) is 4.79 Å². The van der Waals surface area contributed by atoms with E-state index in [1.165, 1.54) is 9.21 Å². The SMILES string of the molecule is CCS(=O)(=O)N1CC[C@@H](C)C(N(C)C(=O)OC(C)(C)C)C1. The molecular weight excluding hydrogens is 292 g/mol. The van der Waals surface area contributed by atoms with Gasteiger partial charge in [0.15, 0.2) is 0 Å². The summed E-state index contributed by atoms with van der Waals surface area (Å²) in [6.07, 6.45) is 0.340.